The van der Waals surface area contributed by atoms with Crippen molar-refractivity contribution in [1.82, 2.24) is 0 Å². The summed E-state index contributed by atoms with van der Waals surface area (Å²) >= 11 is 0. The molecule has 0 aliphatic heterocycles. The summed E-state index contributed by atoms with van der Waals surface area (Å²) in [6.45, 7) is 11.4. The van der Waals surface area contributed by atoms with Gasteiger partial charge in [0.25, 0.3) is 0 Å². The Kier molecular flexibility index (Phi) is 7.43. The lowest BCUT2D eigenvalue weighted by Crippen LogP contribution is -2.33. The Bertz CT molecular complexity index is 172. The van der Waals surface area contributed by atoms with Gasteiger partial charge in [0.2, 0.25) is 0 Å². The van der Waals surface area contributed by atoms with Crippen LogP contribution in [0.25, 0.3) is 0 Å². The van der Waals surface area contributed by atoms with E-state index in [0.29, 0.717) is 5.41 Å². The van der Waals surface area contributed by atoms with Crippen LogP contribution in [0.4, 0.5) is 0 Å². The monoisotopic (exact) mass is 222 g/mol. The van der Waals surface area contributed by atoms with Crippen LogP contribution in [0.3, 0.4) is 0 Å². The molecule has 2 radical (unpaired) electrons. The molecule has 0 saturated carbocycles. The van der Waals surface area contributed by atoms with Crippen molar-refractivity contribution in [1.29, 1.82) is 0 Å². The second kappa shape index (κ2) is 7.40. The number of rotatable bonds is 9. The average molecular weight is 222 g/mol. The molecule has 0 aromatic carbocycles. The van der Waals surface area contributed by atoms with E-state index < -0.39 is 0 Å². The lowest BCUT2D eigenvalue weighted by Gasteiger charge is -2.47. The fourth-order valence-electron chi connectivity index (χ4n) is 2.82. The third-order valence-corrected chi connectivity index (χ3v) is 4.83. The minimum atomic E-state index is 0.0357. The van der Waals surface area contributed by atoms with Crippen molar-refractivity contribution in [3.05, 3.63) is 0 Å². The first-order valence-corrected chi connectivity index (χ1v) is 7.28. The van der Waals surface area contributed by atoms with E-state index in [1.54, 1.807) is 0 Å². The quantitative estimate of drug-likeness (QED) is 0.356. The van der Waals surface area contributed by atoms with Gasteiger partial charge in [0.05, 0.1) is 7.85 Å². The number of unbranched alkanes of at least 4 members (excludes halogenated alkanes) is 3. The lowest BCUT2D eigenvalue weighted by molar-refractivity contribution is 0.162. The van der Waals surface area contributed by atoms with Crippen LogP contribution < -0.4 is 0 Å². The minimum Gasteiger partial charge on any atom is -0.0655 e. The van der Waals surface area contributed by atoms with E-state index in [4.69, 9.17) is 7.85 Å². The fourth-order valence-corrected chi connectivity index (χ4v) is 2.82. The first kappa shape index (κ1) is 16.1. The number of hydrogen-bond acceptors (Lipinski definition) is 0. The molecule has 0 aromatic rings. The predicted octanol–water partition coefficient (Wildman–Crippen LogP) is 5.52. The van der Waals surface area contributed by atoms with E-state index in [9.17, 15) is 0 Å². The van der Waals surface area contributed by atoms with E-state index in [1.807, 2.05) is 0 Å². The van der Waals surface area contributed by atoms with Crippen LogP contribution >= 0.6 is 0 Å². The van der Waals surface area contributed by atoms with Gasteiger partial charge in [-0.3, -0.25) is 0 Å². The third-order valence-electron chi connectivity index (χ3n) is 4.83. The molecule has 0 aromatic heterocycles. The molecule has 1 unspecified atom stereocenters. The third kappa shape index (κ3) is 3.82. The summed E-state index contributed by atoms with van der Waals surface area (Å²) in [5.41, 5.74) is 0.324. The van der Waals surface area contributed by atoms with E-state index in [2.05, 4.69) is 34.6 Å². The maximum atomic E-state index is 6.60. The van der Waals surface area contributed by atoms with Crippen molar-refractivity contribution >= 4 is 7.85 Å². The molecule has 16 heavy (non-hydrogen) atoms. The number of hydrogen-bond donors (Lipinski definition) is 0. The van der Waals surface area contributed by atoms with Crippen LogP contribution in [0.1, 0.15) is 86.0 Å². The minimum absolute atomic E-state index is 0.0357. The molecule has 0 spiro atoms. The normalized spacial score (nSPS) is 16.1. The van der Waals surface area contributed by atoms with Crippen LogP contribution in [0.5, 0.6) is 0 Å². The van der Waals surface area contributed by atoms with Crippen molar-refractivity contribution in [2.45, 2.75) is 91.3 Å². The largest absolute Gasteiger partial charge is 0.0753 e. The Balaban J connectivity index is 4.39. The molecule has 1 atom stereocenters. The molecule has 0 heterocycles. The maximum absolute atomic E-state index is 6.60. The SMILES string of the molecule is [B]C(CC)(CC)C(C)(CC)CCCCCC. The van der Waals surface area contributed by atoms with Crippen molar-refractivity contribution in [2.24, 2.45) is 5.41 Å². The average Bonchev–Trinajstić information content (AvgIpc) is 2.33. The Morgan fingerprint density at radius 1 is 0.812 bits per heavy atom. The van der Waals surface area contributed by atoms with Crippen molar-refractivity contribution in [3.8, 4) is 0 Å². The van der Waals surface area contributed by atoms with Crippen molar-refractivity contribution in [3.63, 3.8) is 0 Å². The summed E-state index contributed by atoms with van der Waals surface area (Å²) in [6.07, 6.45) is 10.1. The zero-order valence-electron chi connectivity index (χ0n) is 12.2. The van der Waals surface area contributed by atoms with Gasteiger partial charge < -0.3 is 0 Å². The molecule has 0 aliphatic carbocycles. The zero-order valence-corrected chi connectivity index (χ0v) is 12.2. The predicted molar refractivity (Wildman–Crippen MR) is 76.2 cm³/mol. The van der Waals surface area contributed by atoms with Crippen LogP contribution in [-0.2, 0) is 0 Å². The van der Waals surface area contributed by atoms with Gasteiger partial charge in [0, 0.05) is 0 Å². The summed E-state index contributed by atoms with van der Waals surface area (Å²) in [5.74, 6) is 0. The van der Waals surface area contributed by atoms with E-state index in [-0.39, 0.29) is 5.31 Å². The van der Waals surface area contributed by atoms with Gasteiger partial charge >= 0.3 is 0 Å². The molecule has 0 nitrogen and oxygen atoms in total. The highest BCUT2D eigenvalue weighted by Gasteiger charge is 2.38. The Morgan fingerprint density at radius 3 is 1.75 bits per heavy atom. The van der Waals surface area contributed by atoms with Gasteiger partial charge in [0.15, 0.2) is 0 Å². The highest BCUT2D eigenvalue weighted by atomic mass is 14.4. The lowest BCUT2D eigenvalue weighted by atomic mass is 9.48. The van der Waals surface area contributed by atoms with E-state index in [0.717, 1.165) is 12.8 Å². The summed E-state index contributed by atoms with van der Waals surface area (Å²) in [7, 11) is 6.60. The smallest absolute Gasteiger partial charge is 0.0655 e. The van der Waals surface area contributed by atoms with E-state index in [1.165, 1.54) is 38.5 Å². The summed E-state index contributed by atoms with van der Waals surface area (Å²) in [5, 5.41) is 0.0357. The summed E-state index contributed by atoms with van der Waals surface area (Å²) in [4.78, 5) is 0. The maximum Gasteiger partial charge on any atom is 0.0753 e. The Labute approximate surface area is 105 Å². The molecule has 0 amide bonds. The molecule has 0 saturated heterocycles. The molecule has 0 fully saturated rings. The molecule has 0 N–H and O–H groups in total. The van der Waals surface area contributed by atoms with Gasteiger partial charge in [-0.1, -0.05) is 84.9 Å². The topological polar surface area (TPSA) is 0 Å². The highest BCUT2D eigenvalue weighted by Crippen LogP contribution is 2.53. The van der Waals surface area contributed by atoms with Gasteiger partial charge in [-0.25, -0.2) is 0 Å². The zero-order chi connectivity index (χ0) is 12.7. The molecule has 1 heteroatoms. The second-order valence-corrected chi connectivity index (χ2v) is 5.59. The van der Waals surface area contributed by atoms with Crippen molar-refractivity contribution < 1.29 is 0 Å². The molecular formula is C15H31B. The molecule has 0 rings (SSSR count). The van der Waals surface area contributed by atoms with Crippen LogP contribution in [0.2, 0.25) is 5.31 Å². The summed E-state index contributed by atoms with van der Waals surface area (Å²) < 4.78 is 0. The van der Waals surface area contributed by atoms with Crippen LogP contribution in [-0.4, -0.2) is 7.85 Å². The van der Waals surface area contributed by atoms with E-state index >= 15 is 0 Å². The van der Waals surface area contributed by atoms with Crippen LogP contribution in [0.15, 0.2) is 0 Å². The van der Waals surface area contributed by atoms with Crippen LogP contribution in [0, 0.1) is 5.41 Å². The van der Waals surface area contributed by atoms with Gasteiger partial charge in [-0.15, -0.1) is 0 Å². The Morgan fingerprint density at radius 2 is 1.38 bits per heavy atom. The standard InChI is InChI=1S/C15H31B/c1-6-10-11-12-13-14(5,7-2)15(16,8-3)9-4/h6-13H2,1-5H3. The Hall–Kier alpha value is 0.0649. The first-order valence-electron chi connectivity index (χ1n) is 7.28. The van der Waals surface area contributed by atoms with Crippen molar-refractivity contribution in [2.75, 3.05) is 0 Å². The summed E-state index contributed by atoms with van der Waals surface area (Å²) in [6, 6.07) is 0. The highest BCUT2D eigenvalue weighted by molar-refractivity contribution is 6.15. The van der Waals surface area contributed by atoms with Gasteiger partial charge in [0.1, 0.15) is 0 Å². The van der Waals surface area contributed by atoms with Gasteiger partial charge in [-0.2, -0.15) is 0 Å². The molecule has 0 aliphatic rings. The molecule has 94 valence electrons. The first-order chi connectivity index (χ1) is 7.49. The fraction of sp³-hybridized carbons (Fsp3) is 1.00. The molecular weight excluding hydrogens is 191 g/mol. The van der Waals surface area contributed by atoms with Gasteiger partial charge in [-0.05, 0) is 11.8 Å². The molecule has 0 bridgehead atoms. The second-order valence-electron chi connectivity index (χ2n) is 5.59.